The average Bonchev–Trinajstić information content (AvgIpc) is 3.39. The van der Waals surface area contributed by atoms with Crippen molar-refractivity contribution in [1.82, 2.24) is 9.88 Å². The summed E-state index contributed by atoms with van der Waals surface area (Å²) in [5.41, 5.74) is 3.72. The molecule has 0 radical (unpaired) electrons. The van der Waals surface area contributed by atoms with Gasteiger partial charge < -0.3 is 9.64 Å². The first kappa shape index (κ1) is 24.5. The van der Waals surface area contributed by atoms with Gasteiger partial charge >= 0.3 is 0 Å². The number of aromatic nitrogens is 1. The van der Waals surface area contributed by atoms with E-state index in [0.717, 1.165) is 74.7 Å². The summed E-state index contributed by atoms with van der Waals surface area (Å²) in [5.74, 6) is -0.0885. The molecule has 188 valence electrons. The maximum atomic E-state index is 14.2. The third kappa shape index (κ3) is 5.47. The Kier molecular flexibility index (Phi) is 7.68. The van der Waals surface area contributed by atoms with E-state index in [0.29, 0.717) is 12.1 Å². The van der Waals surface area contributed by atoms with Crippen molar-refractivity contribution in [2.24, 2.45) is 4.99 Å². The number of rotatable bonds is 8. The Balaban J connectivity index is 1.21. The molecule has 1 unspecified atom stereocenters. The van der Waals surface area contributed by atoms with Crippen molar-refractivity contribution < 1.29 is 13.5 Å². The minimum atomic E-state index is -0.551. The van der Waals surface area contributed by atoms with E-state index in [9.17, 15) is 8.78 Å². The van der Waals surface area contributed by atoms with E-state index < -0.39 is 11.6 Å². The zero-order valence-corrected chi connectivity index (χ0v) is 20.7. The monoisotopic (exact) mass is 490 g/mol. The molecule has 7 heteroatoms. The number of hydrogen-bond acceptors (Lipinski definition) is 5. The molecule has 2 aliphatic heterocycles. The molecule has 0 amide bonds. The van der Waals surface area contributed by atoms with Crippen molar-refractivity contribution in [2.75, 3.05) is 51.3 Å². The number of anilines is 1. The number of piperazine rings is 1. The lowest BCUT2D eigenvalue weighted by Crippen LogP contribution is -2.47. The third-order valence-corrected chi connectivity index (χ3v) is 7.11. The van der Waals surface area contributed by atoms with Crippen molar-refractivity contribution in [3.63, 3.8) is 0 Å². The van der Waals surface area contributed by atoms with Crippen molar-refractivity contribution in [1.29, 1.82) is 0 Å². The Bertz CT molecular complexity index is 1170. The summed E-state index contributed by atoms with van der Waals surface area (Å²) in [6.45, 7) is 5.95. The first-order valence-electron chi connectivity index (χ1n) is 12.7. The first-order valence-corrected chi connectivity index (χ1v) is 12.7. The van der Waals surface area contributed by atoms with Crippen LogP contribution < -0.4 is 4.90 Å². The normalized spacial score (nSPS) is 18.5. The largest absolute Gasteiger partial charge is 0.385 e. The molecular formula is C29H32F2N4O. The number of aliphatic imine (C=N–C) groups is 1. The summed E-state index contributed by atoms with van der Waals surface area (Å²) < 4.78 is 33.5. The van der Waals surface area contributed by atoms with Crippen molar-refractivity contribution in [2.45, 2.75) is 25.3 Å². The molecular weight excluding hydrogens is 458 g/mol. The van der Waals surface area contributed by atoms with E-state index in [1.807, 2.05) is 6.20 Å². The van der Waals surface area contributed by atoms with Crippen LogP contribution in [0.1, 0.15) is 36.4 Å². The molecule has 0 aliphatic carbocycles. The maximum absolute atomic E-state index is 14.2. The van der Waals surface area contributed by atoms with E-state index in [2.05, 4.69) is 51.2 Å². The summed E-state index contributed by atoms with van der Waals surface area (Å²) in [5, 5.41) is 0. The highest BCUT2D eigenvalue weighted by atomic mass is 19.1. The molecule has 0 N–H and O–H groups in total. The quantitative estimate of drug-likeness (QED) is 0.391. The van der Waals surface area contributed by atoms with Crippen LogP contribution in [0, 0.1) is 11.6 Å². The molecule has 0 bridgehead atoms. The van der Waals surface area contributed by atoms with Gasteiger partial charge in [0.2, 0.25) is 0 Å². The number of pyridine rings is 1. The van der Waals surface area contributed by atoms with Gasteiger partial charge in [-0.1, -0.05) is 30.3 Å². The van der Waals surface area contributed by atoms with Crippen LogP contribution in [-0.4, -0.2) is 62.0 Å². The summed E-state index contributed by atoms with van der Waals surface area (Å²) in [6, 6.07) is 16.3. The topological polar surface area (TPSA) is 41.0 Å². The summed E-state index contributed by atoms with van der Waals surface area (Å²) in [6.07, 6.45) is 4.32. The van der Waals surface area contributed by atoms with Gasteiger partial charge in [-0.3, -0.25) is 9.89 Å². The van der Waals surface area contributed by atoms with Gasteiger partial charge in [0.15, 0.2) is 0 Å². The molecule has 36 heavy (non-hydrogen) atoms. The number of halogens is 2. The maximum Gasteiger partial charge on any atom is 0.135 e. The Labute approximate surface area is 211 Å². The smallest absolute Gasteiger partial charge is 0.135 e. The van der Waals surface area contributed by atoms with E-state index in [1.165, 1.54) is 18.2 Å². The lowest BCUT2D eigenvalue weighted by Gasteiger charge is -2.35. The zero-order valence-electron chi connectivity index (χ0n) is 20.7. The van der Waals surface area contributed by atoms with Crippen molar-refractivity contribution in [3.8, 4) is 11.1 Å². The molecule has 1 saturated heterocycles. The standard InChI is InChI=1S/C29H32F2N4O/c1-36-19-3-14-34-15-17-35(18-16-34)28-13-10-23(20-32-28)21-6-8-22(9-7-21)26-11-12-27(33-26)29-24(30)4-2-5-25(29)31/h2,4-10,13,20,26H,3,11-12,14-19H2,1H3. The lowest BCUT2D eigenvalue weighted by atomic mass is 10.00. The van der Waals surface area contributed by atoms with Gasteiger partial charge in [-0.05, 0) is 54.7 Å². The number of hydrogen-bond donors (Lipinski definition) is 0. The van der Waals surface area contributed by atoms with Crippen LogP contribution in [0.2, 0.25) is 0 Å². The molecule has 2 aromatic carbocycles. The fraction of sp³-hybridized carbons (Fsp3) is 0.379. The SMILES string of the molecule is COCCCN1CCN(c2ccc(-c3ccc(C4CCC(c5c(F)cccc5F)=N4)cc3)cn2)CC1. The molecule has 5 rings (SSSR count). The number of methoxy groups -OCH3 is 1. The third-order valence-electron chi connectivity index (χ3n) is 7.11. The van der Waals surface area contributed by atoms with E-state index in [4.69, 9.17) is 9.72 Å². The van der Waals surface area contributed by atoms with Gasteiger partial charge in [0.25, 0.3) is 0 Å². The minimum absolute atomic E-state index is 0.00953. The predicted octanol–water partition coefficient (Wildman–Crippen LogP) is 5.51. The van der Waals surface area contributed by atoms with E-state index in [1.54, 1.807) is 7.11 Å². The lowest BCUT2D eigenvalue weighted by molar-refractivity contribution is 0.169. The zero-order chi connectivity index (χ0) is 24.9. The summed E-state index contributed by atoms with van der Waals surface area (Å²) >= 11 is 0. The molecule has 0 spiro atoms. The van der Waals surface area contributed by atoms with Crippen LogP contribution in [0.5, 0.6) is 0 Å². The van der Waals surface area contributed by atoms with Crippen LogP contribution in [0.3, 0.4) is 0 Å². The second-order valence-corrected chi connectivity index (χ2v) is 9.43. The fourth-order valence-corrected chi connectivity index (χ4v) is 5.07. The van der Waals surface area contributed by atoms with E-state index >= 15 is 0 Å². The van der Waals surface area contributed by atoms with Gasteiger partial charge in [-0.25, -0.2) is 13.8 Å². The van der Waals surface area contributed by atoms with Crippen molar-refractivity contribution >= 4 is 11.5 Å². The first-order chi connectivity index (χ1) is 17.6. The molecule has 3 aromatic rings. The number of benzene rings is 2. The highest BCUT2D eigenvalue weighted by Gasteiger charge is 2.24. The summed E-state index contributed by atoms with van der Waals surface area (Å²) in [4.78, 5) is 14.2. The van der Waals surface area contributed by atoms with Crippen molar-refractivity contribution in [3.05, 3.63) is 83.6 Å². The summed E-state index contributed by atoms with van der Waals surface area (Å²) in [7, 11) is 1.75. The fourth-order valence-electron chi connectivity index (χ4n) is 5.07. The minimum Gasteiger partial charge on any atom is -0.385 e. The van der Waals surface area contributed by atoms with Gasteiger partial charge in [0, 0.05) is 63.9 Å². The molecule has 5 nitrogen and oxygen atoms in total. The predicted molar refractivity (Wildman–Crippen MR) is 140 cm³/mol. The molecule has 0 saturated carbocycles. The van der Waals surface area contributed by atoms with Gasteiger partial charge in [-0.15, -0.1) is 0 Å². The average molecular weight is 491 g/mol. The molecule has 1 fully saturated rings. The van der Waals surface area contributed by atoms with Crippen LogP contribution >= 0.6 is 0 Å². The Morgan fingerprint density at radius 1 is 0.917 bits per heavy atom. The van der Waals surface area contributed by atoms with Crippen LogP contribution in [0.4, 0.5) is 14.6 Å². The Morgan fingerprint density at radius 3 is 2.31 bits per heavy atom. The second-order valence-electron chi connectivity index (χ2n) is 9.43. The highest BCUT2D eigenvalue weighted by molar-refractivity contribution is 6.02. The molecule has 1 atom stereocenters. The molecule has 2 aliphatic rings. The number of nitrogens with zero attached hydrogens (tertiary/aromatic N) is 4. The molecule has 1 aromatic heterocycles. The number of ether oxygens (including phenoxy) is 1. The van der Waals surface area contributed by atoms with Gasteiger partial charge in [-0.2, -0.15) is 0 Å². The second kappa shape index (κ2) is 11.3. The van der Waals surface area contributed by atoms with Gasteiger partial charge in [0.05, 0.1) is 11.6 Å². The van der Waals surface area contributed by atoms with Crippen LogP contribution in [0.25, 0.3) is 11.1 Å². The Hall–Kier alpha value is -3.16. The van der Waals surface area contributed by atoms with E-state index in [-0.39, 0.29) is 11.6 Å². The molecule has 3 heterocycles. The van der Waals surface area contributed by atoms with Gasteiger partial charge in [0.1, 0.15) is 17.5 Å². The van der Waals surface area contributed by atoms with Crippen LogP contribution in [0.15, 0.2) is 65.8 Å². The van der Waals surface area contributed by atoms with Crippen LogP contribution in [-0.2, 0) is 4.74 Å². The Morgan fingerprint density at radius 2 is 1.64 bits per heavy atom. The highest BCUT2D eigenvalue weighted by Crippen LogP contribution is 2.33.